The number of benzene rings is 1. The summed E-state index contributed by atoms with van der Waals surface area (Å²) >= 11 is 1.50. The smallest absolute Gasteiger partial charge is 0.166 e. The van der Waals surface area contributed by atoms with Crippen LogP contribution in [-0.2, 0) is 0 Å². The summed E-state index contributed by atoms with van der Waals surface area (Å²) in [6.07, 6.45) is -0.326. The molecule has 0 fully saturated rings. The highest BCUT2D eigenvalue weighted by Gasteiger charge is 2.04. The number of nitrogens with zero attached hydrogens (tertiary/aromatic N) is 1. The van der Waals surface area contributed by atoms with Crippen LogP contribution in [0.4, 0.5) is 5.69 Å². The number of anilines is 1. The summed E-state index contributed by atoms with van der Waals surface area (Å²) in [5.41, 5.74) is 8.22. The molecule has 1 aromatic carbocycles. The number of hydrogen-bond donors (Lipinski definition) is 3. The van der Waals surface area contributed by atoms with E-state index in [-0.39, 0.29) is 6.10 Å². The van der Waals surface area contributed by atoms with Gasteiger partial charge in [-0.15, -0.1) is 0 Å². The van der Waals surface area contributed by atoms with Gasteiger partial charge in [0, 0.05) is 11.4 Å². The molecular formula is C10H13N3OS. The van der Waals surface area contributed by atoms with Gasteiger partial charge in [0.05, 0.1) is 17.1 Å². The van der Waals surface area contributed by atoms with E-state index in [1.807, 2.05) is 18.2 Å². The Morgan fingerprint density at radius 2 is 2.40 bits per heavy atom. The number of imidazole rings is 1. The molecule has 0 bridgehead atoms. The SMILES string of the molecule is CC(O)CSc1nc2ccc(N)cc2[nH]1. The molecule has 0 saturated carbocycles. The third-order valence-electron chi connectivity index (χ3n) is 1.95. The Labute approximate surface area is 91.9 Å². The number of nitrogens with one attached hydrogen (secondary N) is 1. The predicted molar refractivity (Wildman–Crippen MR) is 62.9 cm³/mol. The Balaban J connectivity index is 2.23. The van der Waals surface area contributed by atoms with Crippen LogP contribution in [0.15, 0.2) is 23.4 Å². The molecule has 2 rings (SSSR count). The molecule has 0 aliphatic rings. The van der Waals surface area contributed by atoms with Gasteiger partial charge in [-0.1, -0.05) is 11.8 Å². The summed E-state index contributed by atoms with van der Waals surface area (Å²) in [4.78, 5) is 7.52. The maximum absolute atomic E-state index is 9.15. The summed E-state index contributed by atoms with van der Waals surface area (Å²) in [5, 5.41) is 9.97. The van der Waals surface area contributed by atoms with Crippen LogP contribution >= 0.6 is 11.8 Å². The minimum Gasteiger partial charge on any atom is -0.399 e. The number of nitrogen functional groups attached to an aromatic ring is 1. The van der Waals surface area contributed by atoms with Crippen molar-refractivity contribution in [1.29, 1.82) is 0 Å². The van der Waals surface area contributed by atoms with Gasteiger partial charge in [0.15, 0.2) is 5.16 Å². The average molecular weight is 223 g/mol. The third kappa shape index (κ3) is 2.43. The van der Waals surface area contributed by atoms with Crippen LogP contribution in [0.1, 0.15) is 6.92 Å². The van der Waals surface area contributed by atoms with Gasteiger partial charge in [-0.25, -0.2) is 4.98 Å². The zero-order chi connectivity index (χ0) is 10.8. The maximum atomic E-state index is 9.15. The summed E-state index contributed by atoms with van der Waals surface area (Å²) in [6.45, 7) is 1.76. The van der Waals surface area contributed by atoms with Crippen LogP contribution in [0.25, 0.3) is 11.0 Å². The van der Waals surface area contributed by atoms with Crippen LogP contribution in [0, 0.1) is 0 Å². The Kier molecular flexibility index (Phi) is 2.83. The molecule has 1 atom stereocenters. The number of H-pyrrole nitrogens is 1. The molecule has 15 heavy (non-hydrogen) atoms. The predicted octanol–water partition coefficient (Wildman–Crippen LogP) is 1.62. The van der Waals surface area contributed by atoms with E-state index in [1.165, 1.54) is 11.8 Å². The number of aliphatic hydroxyl groups is 1. The molecule has 0 amide bonds. The van der Waals surface area contributed by atoms with Crippen LogP contribution in [-0.4, -0.2) is 26.9 Å². The number of aliphatic hydroxyl groups excluding tert-OH is 1. The monoisotopic (exact) mass is 223 g/mol. The van der Waals surface area contributed by atoms with Crippen LogP contribution in [0.2, 0.25) is 0 Å². The molecule has 0 aliphatic heterocycles. The fourth-order valence-corrected chi connectivity index (χ4v) is 2.02. The molecule has 80 valence electrons. The van der Waals surface area contributed by atoms with Crippen molar-refractivity contribution >= 4 is 28.5 Å². The second-order valence-electron chi connectivity index (χ2n) is 3.48. The lowest BCUT2D eigenvalue weighted by molar-refractivity contribution is 0.220. The molecule has 2 aromatic rings. The van der Waals surface area contributed by atoms with Gasteiger partial charge in [-0.3, -0.25) is 0 Å². The highest BCUT2D eigenvalue weighted by Crippen LogP contribution is 2.21. The number of aromatic amines is 1. The molecular weight excluding hydrogens is 210 g/mol. The van der Waals surface area contributed by atoms with E-state index in [9.17, 15) is 0 Å². The number of rotatable bonds is 3. The van der Waals surface area contributed by atoms with Gasteiger partial charge in [-0.2, -0.15) is 0 Å². The molecule has 1 unspecified atom stereocenters. The van der Waals surface area contributed by atoms with Gasteiger partial charge in [0.25, 0.3) is 0 Å². The molecule has 5 heteroatoms. The third-order valence-corrected chi connectivity index (χ3v) is 3.06. The molecule has 1 aromatic heterocycles. The fourth-order valence-electron chi connectivity index (χ4n) is 1.27. The first-order valence-corrected chi connectivity index (χ1v) is 5.70. The van der Waals surface area contributed by atoms with Crippen molar-refractivity contribution < 1.29 is 5.11 Å². The van der Waals surface area contributed by atoms with Crippen molar-refractivity contribution in [3.05, 3.63) is 18.2 Å². The largest absolute Gasteiger partial charge is 0.399 e. The minimum atomic E-state index is -0.326. The average Bonchev–Trinajstić information content (AvgIpc) is 2.56. The second kappa shape index (κ2) is 4.12. The Morgan fingerprint density at radius 3 is 3.13 bits per heavy atom. The number of nitrogens with two attached hydrogens (primary N) is 1. The van der Waals surface area contributed by atoms with Crippen molar-refractivity contribution in [3.63, 3.8) is 0 Å². The Morgan fingerprint density at radius 1 is 1.60 bits per heavy atom. The van der Waals surface area contributed by atoms with E-state index in [4.69, 9.17) is 10.8 Å². The maximum Gasteiger partial charge on any atom is 0.166 e. The van der Waals surface area contributed by atoms with Crippen molar-refractivity contribution in [2.75, 3.05) is 11.5 Å². The first-order chi connectivity index (χ1) is 7.15. The first kappa shape index (κ1) is 10.3. The van der Waals surface area contributed by atoms with E-state index in [0.29, 0.717) is 5.75 Å². The summed E-state index contributed by atoms with van der Waals surface area (Å²) in [6, 6.07) is 5.56. The quantitative estimate of drug-likeness (QED) is 0.546. The standard InChI is InChI=1S/C10H13N3OS/c1-6(14)5-15-10-12-8-3-2-7(11)4-9(8)13-10/h2-4,6,14H,5,11H2,1H3,(H,12,13). The van der Waals surface area contributed by atoms with Crippen LogP contribution in [0.3, 0.4) is 0 Å². The lowest BCUT2D eigenvalue weighted by Gasteiger charge is -1.99. The summed E-state index contributed by atoms with van der Waals surface area (Å²) < 4.78 is 0. The molecule has 0 spiro atoms. The Hall–Kier alpha value is -1.20. The highest BCUT2D eigenvalue weighted by atomic mass is 32.2. The van der Waals surface area contributed by atoms with Crippen molar-refractivity contribution in [2.24, 2.45) is 0 Å². The second-order valence-corrected chi connectivity index (χ2v) is 4.49. The normalized spacial score (nSPS) is 13.2. The van der Waals surface area contributed by atoms with Gasteiger partial charge >= 0.3 is 0 Å². The number of fused-ring (bicyclic) bond motifs is 1. The van der Waals surface area contributed by atoms with Gasteiger partial charge in [0.1, 0.15) is 0 Å². The number of hydrogen-bond acceptors (Lipinski definition) is 4. The lowest BCUT2D eigenvalue weighted by atomic mass is 10.3. The number of thioether (sulfide) groups is 1. The van der Waals surface area contributed by atoms with Crippen molar-refractivity contribution in [2.45, 2.75) is 18.2 Å². The van der Waals surface area contributed by atoms with Crippen molar-refractivity contribution in [1.82, 2.24) is 9.97 Å². The molecule has 1 heterocycles. The fraction of sp³-hybridized carbons (Fsp3) is 0.300. The van der Waals surface area contributed by atoms with E-state index < -0.39 is 0 Å². The highest BCUT2D eigenvalue weighted by molar-refractivity contribution is 7.99. The zero-order valence-corrected chi connectivity index (χ0v) is 9.21. The van der Waals surface area contributed by atoms with E-state index in [0.717, 1.165) is 21.9 Å². The zero-order valence-electron chi connectivity index (χ0n) is 8.40. The Bertz CT molecular complexity index is 467. The minimum absolute atomic E-state index is 0.326. The molecule has 4 nitrogen and oxygen atoms in total. The molecule has 0 saturated heterocycles. The molecule has 0 aliphatic carbocycles. The van der Waals surface area contributed by atoms with Crippen LogP contribution in [0.5, 0.6) is 0 Å². The molecule has 4 N–H and O–H groups in total. The lowest BCUT2D eigenvalue weighted by Crippen LogP contribution is -2.02. The van der Waals surface area contributed by atoms with Crippen molar-refractivity contribution in [3.8, 4) is 0 Å². The van der Waals surface area contributed by atoms with E-state index in [2.05, 4.69) is 9.97 Å². The summed E-state index contributed by atoms with van der Waals surface area (Å²) in [5.74, 6) is 0.634. The van der Waals surface area contributed by atoms with Gasteiger partial charge in [-0.05, 0) is 25.1 Å². The number of aromatic nitrogens is 2. The van der Waals surface area contributed by atoms with E-state index in [1.54, 1.807) is 6.92 Å². The van der Waals surface area contributed by atoms with E-state index >= 15 is 0 Å². The molecule has 0 radical (unpaired) electrons. The van der Waals surface area contributed by atoms with Gasteiger partial charge in [0.2, 0.25) is 0 Å². The first-order valence-electron chi connectivity index (χ1n) is 4.71. The van der Waals surface area contributed by atoms with Crippen LogP contribution < -0.4 is 5.73 Å². The van der Waals surface area contributed by atoms with Gasteiger partial charge < -0.3 is 15.8 Å². The topological polar surface area (TPSA) is 74.9 Å². The summed E-state index contributed by atoms with van der Waals surface area (Å²) in [7, 11) is 0.